The van der Waals surface area contributed by atoms with Crippen LogP contribution in [-0.2, 0) is 0 Å². The van der Waals surface area contributed by atoms with Gasteiger partial charge >= 0.3 is 0 Å². The van der Waals surface area contributed by atoms with Crippen molar-refractivity contribution in [2.45, 2.75) is 52.9 Å². The van der Waals surface area contributed by atoms with E-state index in [0.717, 1.165) is 12.3 Å². The molecule has 2 heteroatoms. The van der Waals surface area contributed by atoms with E-state index in [4.69, 9.17) is 5.84 Å². The van der Waals surface area contributed by atoms with Gasteiger partial charge in [-0.25, -0.2) is 0 Å². The third-order valence-corrected chi connectivity index (χ3v) is 4.71. The van der Waals surface area contributed by atoms with Gasteiger partial charge in [-0.3, -0.25) is 0 Å². The summed E-state index contributed by atoms with van der Waals surface area (Å²) >= 11 is 0. The van der Waals surface area contributed by atoms with Gasteiger partial charge in [-0.05, 0) is 37.0 Å². The Labute approximate surface area is 86.9 Å². The molecule has 2 aliphatic rings. The normalized spacial score (nSPS) is 43.9. The molecule has 0 bridgehead atoms. The second-order valence-corrected chi connectivity index (χ2v) is 5.93. The topological polar surface area (TPSA) is 38.4 Å². The van der Waals surface area contributed by atoms with Crippen LogP contribution in [0, 0.1) is 16.7 Å². The van der Waals surface area contributed by atoms with Gasteiger partial charge in [0.25, 0.3) is 0 Å². The van der Waals surface area contributed by atoms with E-state index >= 15 is 0 Å². The lowest BCUT2D eigenvalue weighted by molar-refractivity contribution is 0.0601. The fraction of sp³-hybridized carbons (Fsp3) is 0.917. The Hall–Kier alpha value is -0.530. The summed E-state index contributed by atoms with van der Waals surface area (Å²) in [5.74, 6) is 6.30. The molecule has 2 N–H and O–H groups in total. The maximum absolute atomic E-state index is 5.50. The molecule has 2 atom stereocenters. The van der Waals surface area contributed by atoms with Crippen LogP contribution >= 0.6 is 0 Å². The van der Waals surface area contributed by atoms with E-state index in [0.29, 0.717) is 10.8 Å². The van der Waals surface area contributed by atoms with Crippen molar-refractivity contribution in [3.63, 3.8) is 0 Å². The fourth-order valence-corrected chi connectivity index (χ4v) is 3.96. The summed E-state index contributed by atoms with van der Waals surface area (Å²) in [7, 11) is 0. The highest BCUT2D eigenvalue weighted by atomic mass is 15.1. The maximum atomic E-state index is 5.50. The van der Waals surface area contributed by atoms with Crippen LogP contribution in [0.3, 0.4) is 0 Å². The highest BCUT2D eigenvalue weighted by Gasteiger charge is 2.52. The van der Waals surface area contributed by atoms with Crippen molar-refractivity contribution in [1.82, 2.24) is 0 Å². The van der Waals surface area contributed by atoms with E-state index in [-0.39, 0.29) is 0 Å². The summed E-state index contributed by atoms with van der Waals surface area (Å²) in [6.07, 6.45) is 6.40. The lowest BCUT2D eigenvalue weighted by atomic mass is 9.58. The van der Waals surface area contributed by atoms with Crippen LogP contribution < -0.4 is 5.84 Å². The van der Waals surface area contributed by atoms with Gasteiger partial charge < -0.3 is 5.84 Å². The summed E-state index contributed by atoms with van der Waals surface area (Å²) < 4.78 is 0. The summed E-state index contributed by atoms with van der Waals surface area (Å²) in [6, 6.07) is 0. The molecule has 0 saturated heterocycles. The molecule has 14 heavy (non-hydrogen) atoms. The van der Waals surface area contributed by atoms with Crippen LogP contribution in [0.2, 0.25) is 0 Å². The van der Waals surface area contributed by atoms with E-state index < -0.39 is 0 Å². The minimum Gasteiger partial charge on any atom is -0.323 e. The van der Waals surface area contributed by atoms with E-state index in [1.54, 1.807) is 0 Å². The van der Waals surface area contributed by atoms with Crippen LogP contribution in [0.15, 0.2) is 5.10 Å². The monoisotopic (exact) mass is 194 g/mol. The van der Waals surface area contributed by atoms with Crippen LogP contribution in [0.25, 0.3) is 0 Å². The van der Waals surface area contributed by atoms with E-state index in [1.807, 2.05) is 0 Å². The Morgan fingerprint density at radius 1 is 1.29 bits per heavy atom. The Bertz CT molecular complexity index is 267. The second-order valence-electron chi connectivity index (χ2n) is 5.93. The molecule has 2 nitrogen and oxygen atoms in total. The third-order valence-electron chi connectivity index (χ3n) is 4.71. The van der Waals surface area contributed by atoms with Gasteiger partial charge in [0.05, 0.1) is 0 Å². The molecule has 0 spiro atoms. The fourth-order valence-electron chi connectivity index (χ4n) is 3.96. The first-order valence-corrected chi connectivity index (χ1v) is 5.78. The first kappa shape index (κ1) is 10.0. The average molecular weight is 194 g/mol. The largest absolute Gasteiger partial charge is 0.323 e. The highest BCUT2D eigenvalue weighted by molar-refractivity contribution is 5.92. The molecule has 2 saturated carbocycles. The van der Waals surface area contributed by atoms with Crippen LogP contribution in [0.5, 0.6) is 0 Å². The molecular weight excluding hydrogens is 172 g/mol. The lowest BCUT2D eigenvalue weighted by Crippen LogP contribution is -2.42. The average Bonchev–Trinajstić information content (AvgIpc) is 2.42. The van der Waals surface area contributed by atoms with Gasteiger partial charge in [-0.1, -0.05) is 27.2 Å². The van der Waals surface area contributed by atoms with Crippen molar-refractivity contribution in [2.75, 3.05) is 0 Å². The zero-order valence-electron chi connectivity index (χ0n) is 9.64. The van der Waals surface area contributed by atoms with Crippen LogP contribution in [-0.4, -0.2) is 5.71 Å². The van der Waals surface area contributed by atoms with Crippen LogP contribution in [0.4, 0.5) is 0 Å². The molecule has 0 heterocycles. The van der Waals surface area contributed by atoms with Crippen LogP contribution in [0.1, 0.15) is 52.9 Å². The van der Waals surface area contributed by atoms with E-state index in [9.17, 15) is 0 Å². The second kappa shape index (κ2) is 2.98. The number of hydrazone groups is 1. The minimum absolute atomic E-state index is 0.316. The molecule has 0 aromatic heterocycles. The summed E-state index contributed by atoms with van der Waals surface area (Å²) in [4.78, 5) is 0. The summed E-state index contributed by atoms with van der Waals surface area (Å²) in [5, 5.41) is 4.03. The molecular formula is C12H22N2. The quantitative estimate of drug-likeness (QED) is 0.467. The molecule has 2 unspecified atom stereocenters. The van der Waals surface area contributed by atoms with E-state index in [2.05, 4.69) is 25.9 Å². The minimum atomic E-state index is 0.316. The lowest BCUT2D eigenvalue weighted by Gasteiger charge is -2.47. The van der Waals surface area contributed by atoms with Gasteiger partial charge in [-0.2, -0.15) is 5.10 Å². The van der Waals surface area contributed by atoms with Gasteiger partial charge in [-0.15, -0.1) is 0 Å². The smallest absolute Gasteiger partial charge is 0.0437 e. The molecule has 80 valence electrons. The third kappa shape index (κ3) is 1.19. The van der Waals surface area contributed by atoms with Crippen molar-refractivity contribution >= 4 is 5.71 Å². The van der Waals surface area contributed by atoms with Gasteiger partial charge in [0.15, 0.2) is 0 Å². The molecule has 2 fully saturated rings. The Kier molecular flexibility index (Phi) is 2.13. The Morgan fingerprint density at radius 3 is 2.64 bits per heavy atom. The van der Waals surface area contributed by atoms with Gasteiger partial charge in [0.1, 0.15) is 0 Å². The molecule has 0 aromatic rings. The Balaban J connectivity index is 2.35. The van der Waals surface area contributed by atoms with Gasteiger partial charge in [0.2, 0.25) is 0 Å². The number of nitrogens with zero attached hydrogens (tertiary/aromatic N) is 1. The first-order valence-electron chi connectivity index (χ1n) is 5.78. The molecule has 2 rings (SSSR count). The van der Waals surface area contributed by atoms with Crippen molar-refractivity contribution in [3.05, 3.63) is 0 Å². The van der Waals surface area contributed by atoms with Gasteiger partial charge in [0, 0.05) is 11.1 Å². The molecule has 0 aliphatic heterocycles. The first-order chi connectivity index (χ1) is 6.50. The van der Waals surface area contributed by atoms with Crippen molar-refractivity contribution in [1.29, 1.82) is 0 Å². The standard InChI is InChI=1S/C12H22N2/c1-11(2)7-4-8-12(3)9(11)5-6-10(12)14-13/h9H,4-8,13H2,1-3H3. The zero-order valence-corrected chi connectivity index (χ0v) is 9.64. The molecule has 0 aromatic carbocycles. The zero-order chi connectivity index (χ0) is 10.4. The summed E-state index contributed by atoms with van der Waals surface area (Å²) in [5.41, 5.74) is 2.07. The SMILES string of the molecule is CC1(C)CCCC2(C)C(=NN)CCC12. The molecule has 0 radical (unpaired) electrons. The number of nitrogens with two attached hydrogens (primary N) is 1. The van der Waals surface area contributed by atoms with Crippen molar-refractivity contribution in [3.8, 4) is 0 Å². The number of fused-ring (bicyclic) bond motifs is 1. The number of rotatable bonds is 0. The predicted octanol–water partition coefficient (Wildman–Crippen LogP) is 2.93. The van der Waals surface area contributed by atoms with E-state index in [1.165, 1.54) is 31.4 Å². The summed E-state index contributed by atoms with van der Waals surface area (Å²) in [6.45, 7) is 7.19. The number of hydrogen-bond donors (Lipinski definition) is 1. The predicted molar refractivity (Wildman–Crippen MR) is 60.1 cm³/mol. The Morgan fingerprint density at radius 2 is 2.00 bits per heavy atom. The highest BCUT2D eigenvalue weighted by Crippen LogP contribution is 2.57. The molecule has 0 amide bonds. The number of hydrogen-bond acceptors (Lipinski definition) is 2. The maximum Gasteiger partial charge on any atom is 0.0437 e. The molecule has 2 aliphatic carbocycles. The van der Waals surface area contributed by atoms with Crippen molar-refractivity contribution < 1.29 is 0 Å². The van der Waals surface area contributed by atoms with Crippen molar-refractivity contribution in [2.24, 2.45) is 27.7 Å².